The van der Waals surface area contributed by atoms with Crippen molar-refractivity contribution >= 4 is 17.6 Å². The lowest BCUT2D eigenvalue weighted by Crippen LogP contribution is -2.37. The van der Waals surface area contributed by atoms with Crippen molar-refractivity contribution in [2.75, 3.05) is 23.4 Å². The summed E-state index contributed by atoms with van der Waals surface area (Å²) in [5.74, 6) is 3.02. The molecular weight excluding hydrogens is 316 g/mol. The Balaban J connectivity index is 1.37. The van der Waals surface area contributed by atoms with Gasteiger partial charge in [0.05, 0.1) is 6.61 Å². The zero-order chi connectivity index (χ0) is 17.0. The van der Waals surface area contributed by atoms with E-state index < -0.39 is 0 Å². The van der Waals surface area contributed by atoms with E-state index in [1.54, 1.807) is 6.20 Å². The number of piperidine rings is 1. The Kier molecular flexibility index (Phi) is 3.28. The SMILES string of the molecule is Cc1c(Nc2ccnc(N3CC4(CO)CCC3C4)n2)n[nH]c1C1CC1. The third-order valence-corrected chi connectivity index (χ3v) is 6.14. The number of anilines is 3. The van der Waals surface area contributed by atoms with Crippen molar-refractivity contribution in [3.63, 3.8) is 0 Å². The monoisotopic (exact) mass is 340 g/mol. The largest absolute Gasteiger partial charge is 0.396 e. The van der Waals surface area contributed by atoms with Gasteiger partial charge in [-0.1, -0.05) is 0 Å². The highest BCUT2D eigenvalue weighted by Gasteiger charge is 2.49. The molecule has 0 radical (unpaired) electrons. The molecule has 7 nitrogen and oxygen atoms in total. The first-order valence-corrected chi connectivity index (χ1v) is 9.20. The van der Waals surface area contributed by atoms with Gasteiger partial charge in [-0.3, -0.25) is 5.10 Å². The van der Waals surface area contributed by atoms with E-state index in [0.717, 1.165) is 43.4 Å². The number of H-pyrrole nitrogens is 1. The Labute approximate surface area is 146 Å². The molecule has 2 aromatic heterocycles. The molecule has 2 saturated carbocycles. The molecule has 2 aliphatic carbocycles. The fraction of sp³-hybridized carbons (Fsp3) is 0.611. The minimum Gasteiger partial charge on any atom is -0.396 e. The van der Waals surface area contributed by atoms with Crippen molar-refractivity contribution < 1.29 is 5.11 Å². The number of nitrogens with zero attached hydrogens (tertiary/aromatic N) is 4. The maximum absolute atomic E-state index is 9.75. The molecule has 3 fully saturated rings. The molecule has 3 heterocycles. The second-order valence-corrected chi connectivity index (χ2v) is 7.93. The Morgan fingerprint density at radius 2 is 2.28 bits per heavy atom. The maximum Gasteiger partial charge on any atom is 0.227 e. The minimum absolute atomic E-state index is 0.0510. The van der Waals surface area contributed by atoms with Crippen LogP contribution in [0, 0.1) is 12.3 Å². The highest BCUT2D eigenvalue weighted by molar-refractivity contribution is 5.58. The van der Waals surface area contributed by atoms with Crippen LogP contribution in [0.25, 0.3) is 0 Å². The Hall–Kier alpha value is -2.15. The number of aliphatic hydroxyl groups is 1. The summed E-state index contributed by atoms with van der Waals surface area (Å²) >= 11 is 0. The fourth-order valence-corrected chi connectivity index (χ4v) is 4.48. The molecule has 2 atom stereocenters. The first-order chi connectivity index (χ1) is 12.2. The van der Waals surface area contributed by atoms with Crippen LogP contribution >= 0.6 is 0 Å². The predicted molar refractivity (Wildman–Crippen MR) is 95.1 cm³/mol. The number of hydrogen-bond acceptors (Lipinski definition) is 6. The number of aromatic nitrogens is 4. The van der Waals surface area contributed by atoms with E-state index >= 15 is 0 Å². The van der Waals surface area contributed by atoms with Crippen molar-refractivity contribution in [3.05, 3.63) is 23.5 Å². The van der Waals surface area contributed by atoms with Crippen LogP contribution in [0.2, 0.25) is 0 Å². The van der Waals surface area contributed by atoms with E-state index in [0.29, 0.717) is 12.0 Å². The Bertz CT molecular complexity index is 801. The smallest absolute Gasteiger partial charge is 0.227 e. The lowest BCUT2D eigenvalue weighted by molar-refractivity contribution is 0.148. The van der Waals surface area contributed by atoms with Gasteiger partial charge in [-0.05, 0) is 45.1 Å². The van der Waals surface area contributed by atoms with E-state index in [1.165, 1.54) is 24.1 Å². The molecule has 3 aliphatic rings. The van der Waals surface area contributed by atoms with Crippen molar-refractivity contribution in [2.24, 2.45) is 5.41 Å². The topological polar surface area (TPSA) is 90.0 Å². The third-order valence-electron chi connectivity index (χ3n) is 6.14. The first-order valence-electron chi connectivity index (χ1n) is 9.20. The molecule has 7 heteroatoms. The summed E-state index contributed by atoms with van der Waals surface area (Å²) in [4.78, 5) is 11.5. The molecule has 25 heavy (non-hydrogen) atoms. The molecule has 132 valence electrons. The summed E-state index contributed by atoms with van der Waals surface area (Å²) < 4.78 is 0. The molecular formula is C18H24N6O. The third kappa shape index (κ3) is 2.49. The predicted octanol–water partition coefficient (Wildman–Crippen LogP) is 2.48. The van der Waals surface area contributed by atoms with Crippen molar-refractivity contribution in [2.45, 2.75) is 51.0 Å². The summed E-state index contributed by atoms with van der Waals surface area (Å²) in [7, 11) is 0. The van der Waals surface area contributed by atoms with E-state index in [1.807, 2.05) is 6.07 Å². The number of rotatable bonds is 5. The van der Waals surface area contributed by atoms with Crippen molar-refractivity contribution in [1.29, 1.82) is 0 Å². The van der Waals surface area contributed by atoms with Crippen LogP contribution in [0.15, 0.2) is 12.3 Å². The standard InChI is InChI=1S/C18H24N6O/c1-11-15(12-2-3-12)22-23-16(11)20-14-5-7-19-17(21-14)24-9-18(10-25)6-4-13(24)8-18/h5,7,12-13,25H,2-4,6,8-10H2,1H3,(H2,19,20,21,22,23). The van der Waals surface area contributed by atoms with Gasteiger partial charge in [0.2, 0.25) is 5.95 Å². The van der Waals surface area contributed by atoms with Gasteiger partial charge in [0, 0.05) is 41.4 Å². The molecule has 3 N–H and O–H groups in total. The van der Waals surface area contributed by atoms with Gasteiger partial charge in [0.15, 0.2) is 5.82 Å². The van der Waals surface area contributed by atoms with Crippen LogP contribution < -0.4 is 10.2 Å². The molecule has 0 amide bonds. The molecule has 0 spiro atoms. The maximum atomic E-state index is 9.75. The van der Waals surface area contributed by atoms with Gasteiger partial charge in [0.25, 0.3) is 0 Å². The van der Waals surface area contributed by atoms with Crippen LogP contribution in [0.5, 0.6) is 0 Å². The molecule has 2 bridgehead atoms. The average molecular weight is 340 g/mol. The van der Waals surface area contributed by atoms with E-state index in [2.05, 4.69) is 32.3 Å². The van der Waals surface area contributed by atoms with Crippen LogP contribution in [0.1, 0.15) is 49.3 Å². The number of hydrogen-bond donors (Lipinski definition) is 3. The number of fused-ring (bicyclic) bond motifs is 2. The fourth-order valence-electron chi connectivity index (χ4n) is 4.48. The lowest BCUT2D eigenvalue weighted by Gasteiger charge is -2.31. The minimum atomic E-state index is 0.0510. The summed E-state index contributed by atoms with van der Waals surface area (Å²) in [5, 5.41) is 20.7. The second-order valence-electron chi connectivity index (χ2n) is 7.93. The van der Waals surface area contributed by atoms with Gasteiger partial charge in [-0.25, -0.2) is 4.98 Å². The highest BCUT2D eigenvalue weighted by Crippen LogP contribution is 2.48. The summed E-state index contributed by atoms with van der Waals surface area (Å²) in [6.45, 7) is 3.21. The first kappa shape index (κ1) is 15.1. The molecule has 1 saturated heterocycles. The number of aliphatic hydroxyl groups excluding tert-OH is 1. The molecule has 1 aliphatic heterocycles. The van der Waals surface area contributed by atoms with Gasteiger partial charge in [0.1, 0.15) is 5.82 Å². The zero-order valence-corrected chi connectivity index (χ0v) is 14.5. The van der Waals surface area contributed by atoms with Crippen molar-refractivity contribution in [1.82, 2.24) is 20.2 Å². The van der Waals surface area contributed by atoms with Crippen LogP contribution in [0.3, 0.4) is 0 Å². The van der Waals surface area contributed by atoms with Crippen LogP contribution in [-0.4, -0.2) is 44.5 Å². The second kappa shape index (κ2) is 5.42. The molecule has 2 aromatic rings. The lowest BCUT2D eigenvalue weighted by atomic mass is 9.89. The molecule has 2 unspecified atom stereocenters. The summed E-state index contributed by atoms with van der Waals surface area (Å²) in [6, 6.07) is 2.33. The van der Waals surface area contributed by atoms with E-state index in [4.69, 9.17) is 4.98 Å². The van der Waals surface area contributed by atoms with Gasteiger partial charge in [-0.2, -0.15) is 10.1 Å². The molecule has 5 rings (SSSR count). The number of nitrogens with one attached hydrogen (secondary N) is 2. The van der Waals surface area contributed by atoms with E-state index in [-0.39, 0.29) is 12.0 Å². The molecule has 0 aromatic carbocycles. The summed E-state index contributed by atoms with van der Waals surface area (Å²) in [6.07, 6.45) is 7.58. The van der Waals surface area contributed by atoms with Crippen LogP contribution in [-0.2, 0) is 0 Å². The Morgan fingerprint density at radius 1 is 1.40 bits per heavy atom. The average Bonchev–Trinajstić information content (AvgIpc) is 3.15. The quantitative estimate of drug-likeness (QED) is 0.775. The normalized spacial score (nSPS) is 27.9. The summed E-state index contributed by atoms with van der Waals surface area (Å²) in [5.41, 5.74) is 2.48. The van der Waals surface area contributed by atoms with Crippen molar-refractivity contribution in [3.8, 4) is 0 Å². The number of aromatic amines is 1. The van der Waals surface area contributed by atoms with Gasteiger partial charge >= 0.3 is 0 Å². The highest BCUT2D eigenvalue weighted by atomic mass is 16.3. The Morgan fingerprint density at radius 3 is 3.04 bits per heavy atom. The van der Waals surface area contributed by atoms with Crippen LogP contribution in [0.4, 0.5) is 17.6 Å². The van der Waals surface area contributed by atoms with Gasteiger partial charge < -0.3 is 15.3 Å². The van der Waals surface area contributed by atoms with Gasteiger partial charge in [-0.15, -0.1) is 0 Å². The van der Waals surface area contributed by atoms with E-state index in [9.17, 15) is 5.11 Å². The zero-order valence-electron chi connectivity index (χ0n) is 14.5.